The summed E-state index contributed by atoms with van der Waals surface area (Å²) in [6, 6.07) is 1.90. The van der Waals surface area contributed by atoms with Crippen molar-refractivity contribution in [3.05, 3.63) is 24.9 Å². The first kappa shape index (κ1) is 10.1. The minimum Gasteiger partial charge on any atom is -0.476 e. The quantitative estimate of drug-likeness (QED) is 0.534. The Morgan fingerprint density at radius 3 is 3.23 bits per heavy atom. The fourth-order valence-corrected chi connectivity index (χ4v) is 1.48. The Bertz CT molecular complexity index is 278. The van der Waals surface area contributed by atoms with Crippen LogP contribution in [-0.4, -0.2) is 22.6 Å². The Morgan fingerprint density at radius 2 is 2.54 bits per heavy atom. The van der Waals surface area contributed by atoms with Crippen LogP contribution in [0.15, 0.2) is 29.8 Å². The molecule has 0 atom stereocenters. The standard InChI is InChI=1S/C9H12N2OS/c1-3-7-13-8-5-6-10-11-9(8)12-4-2/h3,5-6H,1,4,7H2,2H3. The van der Waals surface area contributed by atoms with E-state index in [0.717, 1.165) is 10.6 Å². The van der Waals surface area contributed by atoms with E-state index >= 15 is 0 Å². The molecule has 1 heterocycles. The van der Waals surface area contributed by atoms with Crippen LogP contribution < -0.4 is 4.74 Å². The molecule has 3 nitrogen and oxygen atoms in total. The van der Waals surface area contributed by atoms with E-state index in [-0.39, 0.29) is 0 Å². The molecule has 0 N–H and O–H groups in total. The van der Waals surface area contributed by atoms with Gasteiger partial charge in [0.1, 0.15) is 0 Å². The van der Waals surface area contributed by atoms with E-state index in [1.165, 1.54) is 0 Å². The van der Waals surface area contributed by atoms with Crippen molar-refractivity contribution >= 4 is 11.8 Å². The van der Waals surface area contributed by atoms with Crippen LogP contribution >= 0.6 is 11.8 Å². The third kappa shape index (κ3) is 3.06. The molecule has 0 amide bonds. The van der Waals surface area contributed by atoms with Gasteiger partial charge in [-0.2, -0.15) is 5.10 Å². The highest BCUT2D eigenvalue weighted by Crippen LogP contribution is 2.25. The molecule has 4 heteroatoms. The second-order valence-electron chi connectivity index (χ2n) is 2.23. The molecule has 0 bridgehead atoms. The van der Waals surface area contributed by atoms with Crippen LogP contribution in [0, 0.1) is 0 Å². The van der Waals surface area contributed by atoms with Crippen molar-refractivity contribution < 1.29 is 4.74 Å². The first-order chi connectivity index (χ1) is 6.38. The highest BCUT2D eigenvalue weighted by atomic mass is 32.2. The van der Waals surface area contributed by atoms with Gasteiger partial charge in [0.15, 0.2) is 0 Å². The number of thioether (sulfide) groups is 1. The molecular formula is C9H12N2OS. The molecule has 1 rings (SSSR count). The van der Waals surface area contributed by atoms with Crippen molar-refractivity contribution in [2.45, 2.75) is 11.8 Å². The van der Waals surface area contributed by atoms with Gasteiger partial charge in [-0.25, -0.2) is 0 Å². The summed E-state index contributed by atoms with van der Waals surface area (Å²) in [7, 11) is 0. The maximum Gasteiger partial charge on any atom is 0.247 e. The SMILES string of the molecule is C=CCSc1ccnnc1OCC. The van der Waals surface area contributed by atoms with Gasteiger partial charge in [0.2, 0.25) is 5.88 Å². The summed E-state index contributed by atoms with van der Waals surface area (Å²) >= 11 is 1.64. The van der Waals surface area contributed by atoms with Crippen LogP contribution in [0.5, 0.6) is 5.88 Å². The van der Waals surface area contributed by atoms with E-state index in [9.17, 15) is 0 Å². The van der Waals surface area contributed by atoms with Crippen molar-refractivity contribution in [2.75, 3.05) is 12.4 Å². The fourth-order valence-electron chi connectivity index (χ4n) is 0.803. The van der Waals surface area contributed by atoms with Crippen molar-refractivity contribution in [3.8, 4) is 5.88 Å². The second-order valence-corrected chi connectivity index (χ2v) is 3.30. The van der Waals surface area contributed by atoms with E-state index in [1.807, 2.05) is 19.1 Å². The van der Waals surface area contributed by atoms with Crippen LogP contribution in [0.3, 0.4) is 0 Å². The van der Waals surface area contributed by atoms with E-state index in [4.69, 9.17) is 4.74 Å². The van der Waals surface area contributed by atoms with Gasteiger partial charge in [-0.15, -0.1) is 23.4 Å². The smallest absolute Gasteiger partial charge is 0.247 e. The summed E-state index contributed by atoms with van der Waals surface area (Å²) in [5, 5.41) is 7.65. The lowest BCUT2D eigenvalue weighted by atomic mass is 10.5. The summed E-state index contributed by atoms with van der Waals surface area (Å²) in [6.07, 6.45) is 3.51. The zero-order valence-corrected chi connectivity index (χ0v) is 8.38. The lowest BCUT2D eigenvalue weighted by molar-refractivity contribution is 0.314. The summed E-state index contributed by atoms with van der Waals surface area (Å²) in [5.74, 6) is 1.46. The molecule has 0 fully saturated rings. The third-order valence-corrected chi connectivity index (χ3v) is 2.31. The molecule has 0 aliphatic heterocycles. The normalized spacial score (nSPS) is 9.62. The lowest BCUT2D eigenvalue weighted by Crippen LogP contribution is -1.97. The van der Waals surface area contributed by atoms with E-state index in [0.29, 0.717) is 12.5 Å². The summed E-state index contributed by atoms with van der Waals surface area (Å²) < 4.78 is 5.31. The monoisotopic (exact) mass is 196 g/mol. The summed E-state index contributed by atoms with van der Waals surface area (Å²) in [6.45, 7) is 6.19. The first-order valence-corrected chi connectivity index (χ1v) is 5.05. The Morgan fingerprint density at radius 1 is 1.69 bits per heavy atom. The van der Waals surface area contributed by atoms with Crippen LogP contribution in [0.2, 0.25) is 0 Å². The summed E-state index contributed by atoms with van der Waals surface area (Å²) in [4.78, 5) is 1.01. The van der Waals surface area contributed by atoms with Crippen LogP contribution in [-0.2, 0) is 0 Å². The number of aromatic nitrogens is 2. The van der Waals surface area contributed by atoms with Crippen LogP contribution in [0.1, 0.15) is 6.92 Å². The first-order valence-electron chi connectivity index (χ1n) is 4.06. The molecule has 1 aromatic heterocycles. The molecule has 0 saturated heterocycles. The van der Waals surface area contributed by atoms with Gasteiger partial charge in [-0.3, -0.25) is 0 Å². The predicted octanol–water partition coefficient (Wildman–Crippen LogP) is 2.15. The van der Waals surface area contributed by atoms with Gasteiger partial charge in [0, 0.05) is 5.75 Å². The topological polar surface area (TPSA) is 35.0 Å². The minimum atomic E-state index is 0.608. The zero-order valence-electron chi connectivity index (χ0n) is 7.56. The Labute approximate surface area is 82.2 Å². The van der Waals surface area contributed by atoms with Gasteiger partial charge >= 0.3 is 0 Å². The molecule has 0 aromatic carbocycles. The Hall–Kier alpha value is -1.03. The number of hydrogen-bond acceptors (Lipinski definition) is 4. The second kappa shape index (κ2) is 5.59. The van der Waals surface area contributed by atoms with Gasteiger partial charge < -0.3 is 4.74 Å². The molecule has 13 heavy (non-hydrogen) atoms. The number of nitrogens with zero attached hydrogens (tertiary/aromatic N) is 2. The predicted molar refractivity (Wildman–Crippen MR) is 54.1 cm³/mol. The van der Waals surface area contributed by atoms with Crippen molar-refractivity contribution in [2.24, 2.45) is 0 Å². The van der Waals surface area contributed by atoms with Crippen LogP contribution in [0.25, 0.3) is 0 Å². The van der Waals surface area contributed by atoms with Gasteiger partial charge in [-0.05, 0) is 13.0 Å². The van der Waals surface area contributed by atoms with E-state index in [2.05, 4.69) is 16.8 Å². The van der Waals surface area contributed by atoms with E-state index in [1.54, 1.807) is 18.0 Å². The highest BCUT2D eigenvalue weighted by molar-refractivity contribution is 7.99. The van der Waals surface area contributed by atoms with Crippen molar-refractivity contribution in [1.82, 2.24) is 10.2 Å². The van der Waals surface area contributed by atoms with Crippen LogP contribution in [0.4, 0.5) is 0 Å². The van der Waals surface area contributed by atoms with Gasteiger partial charge in [0.25, 0.3) is 0 Å². The molecule has 70 valence electrons. The maximum absolute atomic E-state index is 5.31. The maximum atomic E-state index is 5.31. The Balaban J connectivity index is 2.71. The third-order valence-electron chi connectivity index (χ3n) is 1.29. The summed E-state index contributed by atoms with van der Waals surface area (Å²) in [5.41, 5.74) is 0. The minimum absolute atomic E-state index is 0.608. The Kier molecular flexibility index (Phi) is 4.32. The molecule has 0 saturated carbocycles. The molecule has 0 aliphatic rings. The molecule has 0 spiro atoms. The van der Waals surface area contributed by atoms with Crippen molar-refractivity contribution in [1.29, 1.82) is 0 Å². The zero-order chi connectivity index (χ0) is 9.52. The number of ether oxygens (including phenoxy) is 1. The molecule has 0 radical (unpaired) electrons. The van der Waals surface area contributed by atoms with Gasteiger partial charge in [0.05, 0.1) is 17.7 Å². The highest BCUT2D eigenvalue weighted by Gasteiger charge is 2.03. The van der Waals surface area contributed by atoms with Crippen molar-refractivity contribution in [3.63, 3.8) is 0 Å². The van der Waals surface area contributed by atoms with E-state index < -0.39 is 0 Å². The number of hydrogen-bond donors (Lipinski definition) is 0. The lowest BCUT2D eigenvalue weighted by Gasteiger charge is -2.05. The average Bonchev–Trinajstić information content (AvgIpc) is 2.17. The molecule has 1 aromatic rings. The molecule has 0 aliphatic carbocycles. The largest absolute Gasteiger partial charge is 0.476 e. The molecule has 0 unspecified atom stereocenters. The van der Waals surface area contributed by atoms with Gasteiger partial charge in [-0.1, -0.05) is 6.08 Å². The molecular weight excluding hydrogens is 184 g/mol. The number of rotatable bonds is 5. The fraction of sp³-hybridized carbons (Fsp3) is 0.333. The average molecular weight is 196 g/mol.